The van der Waals surface area contributed by atoms with Crippen molar-refractivity contribution in [2.24, 2.45) is 0 Å². The van der Waals surface area contributed by atoms with Gasteiger partial charge >= 0.3 is 6.18 Å². The molecular formula is C12H12F3N3O4S. The summed E-state index contributed by atoms with van der Waals surface area (Å²) in [7, 11) is -3.93. The van der Waals surface area contributed by atoms with Crippen molar-refractivity contribution in [3.8, 4) is 11.5 Å². The van der Waals surface area contributed by atoms with Crippen molar-refractivity contribution in [1.29, 1.82) is 0 Å². The van der Waals surface area contributed by atoms with Crippen LogP contribution in [0.3, 0.4) is 0 Å². The third-order valence-corrected chi connectivity index (χ3v) is 5.18. The number of nitrogens with zero attached hydrogens (tertiary/aromatic N) is 2. The number of rotatable bonds is 3. The summed E-state index contributed by atoms with van der Waals surface area (Å²) in [6.45, 7) is 0.110. The predicted octanol–water partition coefficient (Wildman–Crippen LogP) is 1.44. The minimum atomic E-state index is -4.58. The highest BCUT2D eigenvalue weighted by molar-refractivity contribution is 7.89. The molecule has 7 nitrogen and oxygen atoms in total. The van der Waals surface area contributed by atoms with Crippen molar-refractivity contribution in [3.05, 3.63) is 23.9 Å². The molecule has 2 aromatic heterocycles. The fraction of sp³-hybridized carbons (Fsp3) is 0.417. The number of H-pyrrole nitrogens is 1. The first-order valence-corrected chi connectivity index (χ1v) is 8.03. The number of hydrogen-bond donors (Lipinski definition) is 2. The van der Waals surface area contributed by atoms with Gasteiger partial charge in [0.25, 0.3) is 10.0 Å². The topological polar surface area (TPSA) is 99.4 Å². The second-order valence-corrected chi connectivity index (χ2v) is 6.96. The Hall–Kier alpha value is -1.85. The van der Waals surface area contributed by atoms with Gasteiger partial charge in [-0.25, -0.2) is 8.42 Å². The van der Waals surface area contributed by atoms with Crippen LogP contribution in [0.4, 0.5) is 13.2 Å². The molecule has 2 aromatic rings. The molecule has 23 heavy (non-hydrogen) atoms. The number of nitrogens with one attached hydrogen (secondary N) is 1. The van der Waals surface area contributed by atoms with E-state index >= 15 is 0 Å². The molecule has 0 saturated carbocycles. The summed E-state index contributed by atoms with van der Waals surface area (Å²) in [5, 5.41) is 14.3. The van der Waals surface area contributed by atoms with Crippen molar-refractivity contribution in [1.82, 2.24) is 14.5 Å². The van der Waals surface area contributed by atoms with Crippen molar-refractivity contribution in [2.75, 3.05) is 13.1 Å². The van der Waals surface area contributed by atoms with Crippen LogP contribution >= 0.6 is 0 Å². The maximum atomic E-state index is 12.5. The molecule has 1 saturated heterocycles. The monoisotopic (exact) mass is 351 g/mol. The van der Waals surface area contributed by atoms with Gasteiger partial charge in [0, 0.05) is 13.1 Å². The van der Waals surface area contributed by atoms with E-state index in [0.29, 0.717) is 6.42 Å². The van der Waals surface area contributed by atoms with Gasteiger partial charge in [-0.15, -0.1) is 0 Å². The average molecular weight is 351 g/mol. The first-order valence-electron chi connectivity index (χ1n) is 6.59. The molecule has 3 heterocycles. The van der Waals surface area contributed by atoms with Crippen LogP contribution < -0.4 is 0 Å². The molecule has 126 valence electrons. The molecule has 1 atom stereocenters. The Kier molecular flexibility index (Phi) is 3.73. The number of sulfonamides is 1. The van der Waals surface area contributed by atoms with Crippen LogP contribution in [-0.4, -0.2) is 47.2 Å². The smallest absolute Gasteiger partial charge is 0.432 e. The summed E-state index contributed by atoms with van der Waals surface area (Å²) >= 11 is 0. The van der Waals surface area contributed by atoms with E-state index in [0.717, 1.165) is 16.4 Å². The summed E-state index contributed by atoms with van der Waals surface area (Å²) in [6.07, 6.45) is -5.00. The van der Waals surface area contributed by atoms with Crippen LogP contribution in [0.15, 0.2) is 27.7 Å². The van der Waals surface area contributed by atoms with Gasteiger partial charge < -0.3 is 9.52 Å². The quantitative estimate of drug-likeness (QED) is 0.872. The summed E-state index contributed by atoms with van der Waals surface area (Å²) in [6, 6.07) is 3.11. The van der Waals surface area contributed by atoms with Crippen LogP contribution in [0.1, 0.15) is 12.1 Å². The molecule has 0 aromatic carbocycles. The number of aliphatic hydroxyl groups excluding tert-OH is 1. The SMILES string of the molecule is O=S(=O)(c1ccc(-c2cc(C(F)(F)F)[nH]n2)o1)N1CC[C@H](O)C1. The number of halogens is 3. The van der Waals surface area contributed by atoms with Gasteiger partial charge in [0.2, 0.25) is 5.09 Å². The van der Waals surface area contributed by atoms with E-state index in [1.807, 2.05) is 5.10 Å². The first-order chi connectivity index (χ1) is 10.7. The Balaban J connectivity index is 1.87. The molecule has 0 amide bonds. The van der Waals surface area contributed by atoms with Crippen LogP contribution in [0.2, 0.25) is 0 Å². The van der Waals surface area contributed by atoms with Crippen LogP contribution in [0, 0.1) is 0 Å². The molecule has 1 aliphatic heterocycles. The minimum Gasteiger partial charge on any atom is -0.442 e. The Labute approximate surface area is 128 Å². The number of β-amino-alcohol motifs (C(OH)–C–C–N with tert-alkyl or cyclic N) is 1. The number of aromatic nitrogens is 2. The van der Waals surface area contributed by atoms with E-state index < -0.39 is 33.1 Å². The lowest BCUT2D eigenvalue weighted by atomic mass is 10.3. The fourth-order valence-electron chi connectivity index (χ4n) is 2.25. The van der Waals surface area contributed by atoms with Crippen molar-refractivity contribution >= 4 is 10.0 Å². The third kappa shape index (κ3) is 2.99. The predicted molar refractivity (Wildman–Crippen MR) is 70.7 cm³/mol. The molecule has 2 N–H and O–H groups in total. The molecule has 0 spiro atoms. The van der Waals surface area contributed by atoms with Crippen LogP contribution in [0.25, 0.3) is 11.5 Å². The number of aromatic amines is 1. The van der Waals surface area contributed by atoms with Gasteiger partial charge in [-0.1, -0.05) is 0 Å². The molecule has 0 radical (unpaired) electrons. The standard InChI is InChI=1S/C12H12F3N3O4S/c13-12(14,15)10-5-8(16-17-10)9-1-2-11(22-9)23(20,21)18-4-3-7(19)6-18/h1-2,5,7,19H,3-4,6H2,(H,16,17)/t7-/m0/s1. The van der Waals surface area contributed by atoms with E-state index in [1.54, 1.807) is 0 Å². The molecule has 11 heteroatoms. The van der Waals surface area contributed by atoms with E-state index in [1.165, 1.54) is 6.07 Å². The summed E-state index contributed by atoms with van der Waals surface area (Å²) < 4.78 is 68.4. The lowest BCUT2D eigenvalue weighted by Crippen LogP contribution is -2.29. The molecule has 0 unspecified atom stereocenters. The normalized spacial score (nSPS) is 20.3. The van der Waals surface area contributed by atoms with Crippen LogP contribution in [-0.2, 0) is 16.2 Å². The maximum Gasteiger partial charge on any atom is 0.432 e. The van der Waals surface area contributed by atoms with Crippen molar-refractivity contribution < 1.29 is 31.1 Å². The lowest BCUT2D eigenvalue weighted by Gasteiger charge is -2.13. The van der Waals surface area contributed by atoms with Gasteiger partial charge in [-0.05, 0) is 24.6 Å². The number of alkyl halides is 3. The Morgan fingerprint density at radius 3 is 2.70 bits per heavy atom. The lowest BCUT2D eigenvalue weighted by molar-refractivity contribution is -0.141. The minimum absolute atomic E-state index is 0.0427. The zero-order valence-corrected chi connectivity index (χ0v) is 12.4. The molecule has 1 fully saturated rings. The van der Waals surface area contributed by atoms with E-state index in [4.69, 9.17) is 4.42 Å². The maximum absolute atomic E-state index is 12.5. The van der Waals surface area contributed by atoms with Gasteiger partial charge in [0.1, 0.15) is 11.4 Å². The highest BCUT2D eigenvalue weighted by Crippen LogP contribution is 2.32. The third-order valence-electron chi connectivity index (χ3n) is 3.44. The van der Waals surface area contributed by atoms with Crippen molar-refractivity contribution in [2.45, 2.75) is 23.8 Å². The average Bonchev–Trinajstić information content (AvgIpc) is 3.17. The van der Waals surface area contributed by atoms with Gasteiger partial charge in [0.15, 0.2) is 5.76 Å². The zero-order chi connectivity index (χ0) is 16.8. The zero-order valence-electron chi connectivity index (χ0n) is 11.5. The highest BCUT2D eigenvalue weighted by atomic mass is 32.2. The van der Waals surface area contributed by atoms with Crippen LogP contribution in [0.5, 0.6) is 0 Å². The van der Waals surface area contributed by atoms with Gasteiger partial charge in [-0.3, -0.25) is 5.10 Å². The van der Waals surface area contributed by atoms with Gasteiger partial charge in [0.05, 0.1) is 6.10 Å². The number of furan rings is 1. The highest BCUT2D eigenvalue weighted by Gasteiger charge is 2.35. The summed E-state index contributed by atoms with van der Waals surface area (Å²) in [4.78, 5) is 0. The largest absolute Gasteiger partial charge is 0.442 e. The van der Waals surface area contributed by atoms with Gasteiger partial charge in [-0.2, -0.15) is 22.6 Å². The number of aliphatic hydroxyl groups is 1. The van der Waals surface area contributed by atoms with E-state index in [2.05, 4.69) is 5.10 Å². The molecule has 1 aliphatic rings. The molecule has 3 rings (SSSR count). The number of hydrogen-bond acceptors (Lipinski definition) is 5. The van der Waals surface area contributed by atoms with Crippen molar-refractivity contribution in [3.63, 3.8) is 0 Å². The summed E-state index contributed by atoms with van der Waals surface area (Å²) in [5.41, 5.74) is -1.21. The second-order valence-electron chi connectivity index (χ2n) is 5.09. The fourth-order valence-corrected chi connectivity index (χ4v) is 3.65. The Morgan fingerprint density at radius 1 is 1.39 bits per heavy atom. The molecule has 0 bridgehead atoms. The molecule has 0 aliphatic carbocycles. The first kappa shape index (κ1) is 16.0. The summed E-state index contributed by atoms with van der Waals surface area (Å²) in [5.74, 6) is -0.102. The van der Waals surface area contributed by atoms with E-state index in [9.17, 15) is 26.7 Å². The van der Waals surface area contributed by atoms with E-state index in [-0.39, 0.29) is 24.5 Å². The molecular weight excluding hydrogens is 339 g/mol. The second kappa shape index (κ2) is 5.35. The Morgan fingerprint density at radius 2 is 2.13 bits per heavy atom. The Bertz CT molecular complexity index is 812.